The van der Waals surface area contributed by atoms with Crippen LogP contribution in [0.25, 0.3) is 0 Å². The summed E-state index contributed by atoms with van der Waals surface area (Å²) in [5.41, 5.74) is 0.456. The summed E-state index contributed by atoms with van der Waals surface area (Å²) in [6, 6.07) is 14.9. The fourth-order valence-electron chi connectivity index (χ4n) is 3.03. The van der Waals surface area contributed by atoms with E-state index in [9.17, 15) is 14.4 Å². The van der Waals surface area contributed by atoms with Crippen molar-refractivity contribution in [3.05, 3.63) is 64.7 Å². The van der Waals surface area contributed by atoms with Gasteiger partial charge >= 0.3 is 6.03 Å². The van der Waals surface area contributed by atoms with E-state index in [-0.39, 0.29) is 6.42 Å². The van der Waals surface area contributed by atoms with Gasteiger partial charge in [-0.3, -0.25) is 14.5 Å². The average Bonchev–Trinajstić information content (AvgIpc) is 2.88. The van der Waals surface area contributed by atoms with E-state index < -0.39 is 29.9 Å². The van der Waals surface area contributed by atoms with Crippen molar-refractivity contribution in [3.63, 3.8) is 0 Å². The van der Waals surface area contributed by atoms with Crippen molar-refractivity contribution in [2.45, 2.75) is 18.9 Å². The first-order chi connectivity index (χ1) is 13.3. The topological polar surface area (TPSA) is 102 Å². The molecule has 8 heteroatoms. The summed E-state index contributed by atoms with van der Waals surface area (Å²) in [6.45, 7) is 1.13. The Hall–Kier alpha value is -3.37. The molecular formula is C20H17ClN4O3. The van der Waals surface area contributed by atoms with Gasteiger partial charge in [0.05, 0.1) is 12.5 Å². The van der Waals surface area contributed by atoms with E-state index >= 15 is 0 Å². The number of amides is 4. The van der Waals surface area contributed by atoms with Crippen LogP contribution in [-0.4, -0.2) is 29.3 Å². The van der Waals surface area contributed by atoms with Gasteiger partial charge in [0.25, 0.3) is 5.91 Å². The predicted molar refractivity (Wildman–Crippen MR) is 103 cm³/mol. The minimum absolute atomic E-state index is 0.275. The van der Waals surface area contributed by atoms with Gasteiger partial charge in [-0.05, 0) is 30.7 Å². The molecule has 1 aliphatic heterocycles. The lowest BCUT2D eigenvalue weighted by Gasteiger charge is -2.23. The Morgan fingerprint density at radius 2 is 1.89 bits per heavy atom. The number of halogens is 1. The molecule has 0 bridgehead atoms. The van der Waals surface area contributed by atoms with Crippen LogP contribution >= 0.6 is 11.6 Å². The van der Waals surface area contributed by atoms with Crippen LogP contribution in [0, 0.1) is 11.3 Å². The predicted octanol–water partition coefficient (Wildman–Crippen LogP) is 2.81. The molecule has 7 nitrogen and oxygen atoms in total. The lowest BCUT2D eigenvalue weighted by molar-refractivity contribution is -0.133. The number of imide groups is 1. The molecule has 0 unspecified atom stereocenters. The molecule has 0 spiro atoms. The molecule has 4 amide bonds. The molecule has 0 aromatic heterocycles. The molecule has 3 rings (SSSR count). The molecule has 1 atom stereocenters. The zero-order valence-corrected chi connectivity index (χ0v) is 15.8. The molecule has 142 valence electrons. The summed E-state index contributed by atoms with van der Waals surface area (Å²) in [5.74, 6) is -1.06. The number of rotatable bonds is 5. The molecule has 0 radical (unpaired) electrons. The van der Waals surface area contributed by atoms with Crippen LogP contribution < -0.4 is 10.6 Å². The Morgan fingerprint density at radius 3 is 2.54 bits per heavy atom. The maximum absolute atomic E-state index is 12.9. The number of nitrogens with zero attached hydrogens (tertiary/aromatic N) is 2. The number of nitrogens with one attached hydrogen (secondary N) is 2. The van der Waals surface area contributed by atoms with Crippen LogP contribution in [0.3, 0.4) is 0 Å². The highest BCUT2D eigenvalue weighted by molar-refractivity contribution is 6.32. The number of benzene rings is 2. The van der Waals surface area contributed by atoms with E-state index in [1.54, 1.807) is 55.5 Å². The van der Waals surface area contributed by atoms with Crippen molar-refractivity contribution in [1.82, 2.24) is 10.2 Å². The largest absolute Gasteiger partial charge is 0.325 e. The number of nitriles is 1. The fraction of sp³-hybridized carbons (Fsp3) is 0.200. The van der Waals surface area contributed by atoms with Crippen molar-refractivity contribution >= 4 is 35.1 Å². The van der Waals surface area contributed by atoms with Crippen molar-refractivity contribution in [2.75, 3.05) is 11.9 Å². The first-order valence-corrected chi connectivity index (χ1v) is 8.88. The van der Waals surface area contributed by atoms with E-state index in [0.29, 0.717) is 16.3 Å². The second-order valence-electron chi connectivity index (χ2n) is 6.51. The Morgan fingerprint density at radius 1 is 1.21 bits per heavy atom. The van der Waals surface area contributed by atoms with Gasteiger partial charge in [-0.2, -0.15) is 5.26 Å². The highest BCUT2D eigenvalue weighted by atomic mass is 35.5. The summed E-state index contributed by atoms with van der Waals surface area (Å²) in [7, 11) is 0. The Balaban J connectivity index is 1.71. The number of carbonyl (C=O) groups excluding carboxylic acids is 3. The second kappa shape index (κ2) is 7.71. The minimum Gasteiger partial charge on any atom is -0.325 e. The van der Waals surface area contributed by atoms with Gasteiger partial charge in [0.2, 0.25) is 5.91 Å². The van der Waals surface area contributed by atoms with Gasteiger partial charge in [-0.15, -0.1) is 0 Å². The van der Waals surface area contributed by atoms with Gasteiger partial charge < -0.3 is 10.6 Å². The molecule has 0 saturated carbocycles. The van der Waals surface area contributed by atoms with Crippen molar-refractivity contribution in [2.24, 2.45) is 0 Å². The van der Waals surface area contributed by atoms with Crippen LogP contribution in [0.2, 0.25) is 5.02 Å². The van der Waals surface area contributed by atoms with E-state index in [1.807, 2.05) is 6.07 Å². The van der Waals surface area contributed by atoms with Gasteiger partial charge in [-0.25, -0.2) is 4.79 Å². The number of anilines is 1. The van der Waals surface area contributed by atoms with Crippen molar-refractivity contribution < 1.29 is 14.4 Å². The zero-order chi connectivity index (χ0) is 20.3. The molecule has 28 heavy (non-hydrogen) atoms. The van der Waals surface area contributed by atoms with Gasteiger partial charge in [0.1, 0.15) is 12.1 Å². The number of urea groups is 1. The van der Waals surface area contributed by atoms with E-state index in [2.05, 4.69) is 10.6 Å². The number of hydrogen-bond donors (Lipinski definition) is 2. The summed E-state index contributed by atoms with van der Waals surface area (Å²) in [4.78, 5) is 38.4. The van der Waals surface area contributed by atoms with Crippen LogP contribution in [0.15, 0.2) is 48.5 Å². The Kier molecular flexibility index (Phi) is 5.34. The summed E-state index contributed by atoms with van der Waals surface area (Å²) in [5, 5.41) is 14.3. The van der Waals surface area contributed by atoms with E-state index in [1.165, 1.54) is 0 Å². The SMILES string of the molecule is C[C@]1(c2ccccc2Cl)NC(=O)N(CC(=O)Nc2ccc(CC#N)cc2)C1=O. The maximum Gasteiger partial charge on any atom is 0.325 e. The Bertz CT molecular complexity index is 984. The third kappa shape index (κ3) is 3.68. The maximum atomic E-state index is 12.9. The van der Waals surface area contributed by atoms with Crippen LogP contribution in [0.1, 0.15) is 18.1 Å². The third-order valence-electron chi connectivity index (χ3n) is 4.51. The van der Waals surface area contributed by atoms with Crippen LogP contribution in [0.4, 0.5) is 10.5 Å². The third-order valence-corrected chi connectivity index (χ3v) is 4.84. The number of hydrogen-bond acceptors (Lipinski definition) is 4. The molecule has 2 aromatic rings. The Labute approximate surface area is 166 Å². The molecule has 1 saturated heterocycles. The van der Waals surface area contributed by atoms with E-state index in [4.69, 9.17) is 16.9 Å². The molecule has 2 aromatic carbocycles. The van der Waals surface area contributed by atoms with Crippen molar-refractivity contribution in [1.29, 1.82) is 5.26 Å². The molecule has 1 fully saturated rings. The summed E-state index contributed by atoms with van der Waals surface area (Å²) < 4.78 is 0. The van der Waals surface area contributed by atoms with Crippen LogP contribution in [0.5, 0.6) is 0 Å². The molecule has 1 heterocycles. The summed E-state index contributed by atoms with van der Waals surface area (Å²) >= 11 is 6.18. The quantitative estimate of drug-likeness (QED) is 0.758. The molecule has 1 aliphatic rings. The summed E-state index contributed by atoms with van der Waals surface area (Å²) in [6.07, 6.45) is 0.275. The normalized spacial score (nSPS) is 18.5. The first-order valence-electron chi connectivity index (χ1n) is 8.50. The second-order valence-corrected chi connectivity index (χ2v) is 6.91. The average molecular weight is 397 g/mol. The highest BCUT2D eigenvalue weighted by Crippen LogP contribution is 2.33. The number of carbonyl (C=O) groups is 3. The van der Waals surface area contributed by atoms with Gasteiger partial charge in [-0.1, -0.05) is 41.9 Å². The molecular weight excluding hydrogens is 380 g/mol. The first kappa shape index (κ1) is 19.4. The lowest BCUT2D eigenvalue weighted by Crippen LogP contribution is -2.42. The van der Waals surface area contributed by atoms with Gasteiger partial charge in [0, 0.05) is 16.3 Å². The fourth-order valence-corrected chi connectivity index (χ4v) is 3.36. The molecule has 0 aliphatic carbocycles. The monoisotopic (exact) mass is 396 g/mol. The molecule has 2 N–H and O–H groups in total. The van der Waals surface area contributed by atoms with Crippen LogP contribution in [-0.2, 0) is 21.5 Å². The highest BCUT2D eigenvalue weighted by Gasteiger charge is 2.50. The zero-order valence-electron chi connectivity index (χ0n) is 15.0. The van der Waals surface area contributed by atoms with Crippen molar-refractivity contribution in [3.8, 4) is 6.07 Å². The standard InChI is InChI=1S/C20H17ClN4O3/c1-20(15-4-2-3-5-16(15)21)18(27)25(19(28)24-20)12-17(26)23-14-8-6-13(7-9-14)10-11-22/h2-9H,10,12H2,1H3,(H,23,26)(H,24,28)/t20-/m1/s1. The smallest absolute Gasteiger partial charge is 0.325 e. The van der Waals surface area contributed by atoms with Gasteiger partial charge in [0.15, 0.2) is 0 Å². The minimum atomic E-state index is -1.34. The lowest BCUT2D eigenvalue weighted by atomic mass is 9.92. The van der Waals surface area contributed by atoms with E-state index in [0.717, 1.165) is 10.5 Å².